The second-order valence-corrected chi connectivity index (χ2v) is 5.95. The zero-order valence-electron chi connectivity index (χ0n) is 11.5. The molecule has 0 radical (unpaired) electrons. The number of ether oxygens (including phenoxy) is 1. The summed E-state index contributed by atoms with van der Waals surface area (Å²) in [7, 11) is 1.39. The van der Waals surface area contributed by atoms with E-state index in [1.54, 1.807) is 13.4 Å². The zero-order valence-corrected chi connectivity index (χ0v) is 11.5. The Morgan fingerprint density at radius 1 is 1.06 bits per heavy atom. The van der Waals surface area contributed by atoms with Gasteiger partial charge in [-0.1, -0.05) is 13.8 Å². The molecule has 92 valence electrons. The minimum atomic E-state index is -0.282. The molecule has 1 heterocycles. The SMILES string of the molecule is CO/C=C/C(C)(C)B1OC(C)(C)C(C)(C)O1. The van der Waals surface area contributed by atoms with Crippen LogP contribution in [0.1, 0.15) is 41.5 Å². The first-order valence-corrected chi connectivity index (χ1v) is 5.68. The van der Waals surface area contributed by atoms with Crippen molar-refractivity contribution in [2.75, 3.05) is 7.11 Å². The van der Waals surface area contributed by atoms with Crippen molar-refractivity contribution in [3.8, 4) is 0 Å². The predicted molar refractivity (Wildman–Crippen MR) is 66.3 cm³/mol. The summed E-state index contributed by atoms with van der Waals surface area (Å²) >= 11 is 0. The summed E-state index contributed by atoms with van der Waals surface area (Å²) in [4.78, 5) is 0. The average molecular weight is 226 g/mol. The fourth-order valence-corrected chi connectivity index (χ4v) is 1.47. The van der Waals surface area contributed by atoms with Crippen molar-refractivity contribution in [3.63, 3.8) is 0 Å². The average Bonchev–Trinajstić information content (AvgIpc) is 2.34. The standard InChI is InChI=1S/C12H23BO3/c1-10(2,8-9-14-7)13-15-11(3,4)12(5,6)16-13/h8-9H,1-7H3/b9-8+. The van der Waals surface area contributed by atoms with E-state index in [9.17, 15) is 0 Å². The molecule has 0 amide bonds. The van der Waals surface area contributed by atoms with E-state index in [0.29, 0.717) is 0 Å². The lowest BCUT2D eigenvalue weighted by atomic mass is 9.60. The van der Waals surface area contributed by atoms with Crippen LogP contribution >= 0.6 is 0 Å². The second-order valence-electron chi connectivity index (χ2n) is 5.95. The van der Waals surface area contributed by atoms with Crippen LogP contribution < -0.4 is 0 Å². The monoisotopic (exact) mass is 226 g/mol. The Balaban J connectivity index is 2.83. The molecule has 0 unspecified atom stereocenters. The topological polar surface area (TPSA) is 27.7 Å². The summed E-state index contributed by atoms with van der Waals surface area (Å²) in [6.45, 7) is 12.4. The Hall–Kier alpha value is -0.475. The molecule has 0 aromatic carbocycles. The predicted octanol–water partition coefficient (Wildman–Crippen LogP) is 3.02. The summed E-state index contributed by atoms with van der Waals surface area (Å²) in [6, 6.07) is 0. The van der Waals surface area contributed by atoms with Crippen LogP contribution in [-0.4, -0.2) is 25.4 Å². The van der Waals surface area contributed by atoms with Gasteiger partial charge in [-0.15, -0.1) is 0 Å². The molecule has 3 nitrogen and oxygen atoms in total. The molecule has 1 fully saturated rings. The van der Waals surface area contributed by atoms with Crippen LogP contribution in [-0.2, 0) is 14.0 Å². The second kappa shape index (κ2) is 4.08. The van der Waals surface area contributed by atoms with Crippen molar-refractivity contribution < 1.29 is 14.0 Å². The molecule has 0 bridgehead atoms. The van der Waals surface area contributed by atoms with Gasteiger partial charge in [-0.2, -0.15) is 0 Å². The Labute approximate surface area is 99.3 Å². The largest absolute Gasteiger partial charge is 0.505 e. The first-order chi connectivity index (χ1) is 7.12. The van der Waals surface area contributed by atoms with Crippen molar-refractivity contribution in [1.29, 1.82) is 0 Å². The first-order valence-electron chi connectivity index (χ1n) is 5.68. The van der Waals surface area contributed by atoms with E-state index in [2.05, 4.69) is 41.5 Å². The maximum Gasteiger partial charge on any atom is 0.468 e. The summed E-state index contributed by atoms with van der Waals surface area (Å²) in [5, 5.41) is -0.207. The molecule has 1 aliphatic rings. The van der Waals surface area contributed by atoms with Gasteiger partial charge in [0.25, 0.3) is 0 Å². The van der Waals surface area contributed by atoms with E-state index in [-0.39, 0.29) is 23.6 Å². The highest BCUT2D eigenvalue weighted by Crippen LogP contribution is 2.45. The van der Waals surface area contributed by atoms with Gasteiger partial charge < -0.3 is 14.0 Å². The highest BCUT2D eigenvalue weighted by atomic mass is 16.7. The zero-order chi connectivity index (χ0) is 12.6. The molecular weight excluding hydrogens is 203 g/mol. The fraction of sp³-hybridized carbons (Fsp3) is 0.833. The molecule has 0 saturated carbocycles. The van der Waals surface area contributed by atoms with E-state index >= 15 is 0 Å². The molecule has 1 rings (SSSR count). The van der Waals surface area contributed by atoms with E-state index in [1.165, 1.54) is 0 Å². The van der Waals surface area contributed by atoms with Gasteiger partial charge in [-0.05, 0) is 33.8 Å². The van der Waals surface area contributed by atoms with Gasteiger partial charge >= 0.3 is 7.12 Å². The summed E-state index contributed by atoms with van der Waals surface area (Å²) < 4.78 is 16.9. The molecule has 4 heteroatoms. The van der Waals surface area contributed by atoms with Gasteiger partial charge in [-0.3, -0.25) is 0 Å². The third-order valence-corrected chi connectivity index (χ3v) is 3.49. The minimum Gasteiger partial charge on any atom is -0.505 e. The molecule has 0 atom stereocenters. The van der Waals surface area contributed by atoms with E-state index in [1.807, 2.05) is 6.08 Å². The van der Waals surface area contributed by atoms with Crippen molar-refractivity contribution >= 4 is 7.12 Å². The van der Waals surface area contributed by atoms with E-state index in [0.717, 1.165) is 0 Å². The normalized spacial score (nSPS) is 24.1. The smallest absolute Gasteiger partial charge is 0.468 e. The summed E-state index contributed by atoms with van der Waals surface area (Å²) in [5.41, 5.74) is -0.564. The quantitative estimate of drug-likeness (QED) is 0.546. The lowest BCUT2D eigenvalue weighted by Gasteiger charge is -2.32. The number of hydrogen-bond acceptors (Lipinski definition) is 3. The Kier molecular flexibility index (Phi) is 3.46. The molecule has 0 aliphatic carbocycles. The van der Waals surface area contributed by atoms with Gasteiger partial charge in [0.1, 0.15) is 0 Å². The number of rotatable bonds is 3. The lowest BCUT2D eigenvalue weighted by molar-refractivity contribution is 0.00578. The summed E-state index contributed by atoms with van der Waals surface area (Å²) in [6.07, 6.45) is 3.64. The summed E-state index contributed by atoms with van der Waals surface area (Å²) in [5.74, 6) is 0. The van der Waals surface area contributed by atoms with Gasteiger partial charge in [0.2, 0.25) is 0 Å². The minimum absolute atomic E-state index is 0.207. The molecule has 1 saturated heterocycles. The van der Waals surface area contributed by atoms with Crippen LogP contribution in [0.3, 0.4) is 0 Å². The lowest BCUT2D eigenvalue weighted by Crippen LogP contribution is -2.41. The Bertz CT molecular complexity index is 266. The van der Waals surface area contributed by atoms with Gasteiger partial charge in [0, 0.05) is 5.31 Å². The van der Waals surface area contributed by atoms with Gasteiger partial charge in [0.15, 0.2) is 0 Å². The molecule has 0 aromatic rings. The molecule has 0 aromatic heterocycles. The van der Waals surface area contributed by atoms with Crippen LogP contribution in [0.25, 0.3) is 0 Å². The highest BCUT2D eigenvalue weighted by Gasteiger charge is 2.55. The Morgan fingerprint density at radius 2 is 1.50 bits per heavy atom. The van der Waals surface area contributed by atoms with Crippen molar-refractivity contribution in [2.24, 2.45) is 0 Å². The van der Waals surface area contributed by atoms with E-state index < -0.39 is 0 Å². The van der Waals surface area contributed by atoms with Crippen LogP contribution in [0.4, 0.5) is 0 Å². The maximum absolute atomic E-state index is 6.00. The van der Waals surface area contributed by atoms with Crippen LogP contribution in [0, 0.1) is 0 Å². The van der Waals surface area contributed by atoms with Crippen molar-refractivity contribution in [3.05, 3.63) is 12.3 Å². The van der Waals surface area contributed by atoms with Crippen molar-refractivity contribution in [2.45, 2.75) is 58.1 Å². The number of methoxy groups -OCH3 is 1. The molecular formula is C12H23BO3. The highest BCUT2D eigenvalue weighted by molar-refractivity contribution is 6.50. The third-order valence-electron chi connectivity index (χ3n) is 3.49. The maximum atomic E-state index is 6.00. The van der Waals surface area contributed by atoms with Crippen molar-refractivity contribution in [1.82, 2.24) is 0 Å². The van der Waals surface area contributed by atoms with Gasteiger partial charge in [0.05, 0.1) is 24.6 Å². The molecule has 16 heavy (non-hydrogen) atoms. The first kappa shape index (κ1) is 13.6. The molecule has 0 N–H and O–H groups in total. The van der Waals surface area contributed by atoms with Crippen LogP contribution in [0.15, 0.2) is 12.3 Å². The Morgan fingerprint density at radius 3 is 1.88 bits per heavy atom. The van der Waals surface area contributed by atoms with Gasteiger partial charge in [-0.25, -0.2) is 0 Å². The molecule has 1 aliphatic heterocycles. The van der Waals surface area contributed by atoms with Crippen LogP contribution in [0.5, 0.6) is 0 Å². The third kappa shape index (κ3) is 2.43. The number of allylic oxidation sites excluding steroid dienone is 1. The van der Waals surface area contributed by atoms with Crippen LogP contribution in [0.2, 0.25) is 5.31 Å². The van der Waals surface area contributed by atoms with E-state index in [4.69, 9.17) is 14.0 Å². The number of hydrogen-bond donors (Lipinski definition) is 0. The fourth-order valence-electron chi connectivity index (χ4n) is 1.47. The molecule has 0 spiro atoms.